The Hall–Kier alpha value is -4.03. The first kappa shape index (κ1) is 23.7. The van der Waals surface area contributed by atoms with Crippen molar-refractivity contribution in [2.45, 2.75) is 37.8 Å². The van der Waals surface area contributed by atoms with Crippen LogP contribution in [0, 0.1) is 5.82 Å². The third-order valence-corrected chi connectivity index (χ3v) is 6.14. The van der Waals surface area contributed by atoms with Crippen molar-refractivity contribution in [1.82, 2.24) is 24.6 Å². The molecular formula is C23H24ClFN10O. The van der Waals surface area contributed by atoms with E-state index >= 15 is 0 Å². The molecule has 0 unspecified atom stereocenters. The molecule has 7 N–H and O–H groups in total. The molecule has 0 aromatic carbocycles. The van der Waals surface area contributed by atoms with Gasteiger partial charge in [0.05, 0.1) is 23.8 Å². The minimum atomic E-state index is -0.655. The zero-order valence-electron chi connectivity index (χ0n) is 19.1. The van der Waals surface area contributed by atoms with Crippen molar-refractivity contribution < 1.29 is 9.18 Å². The van der Waals surface area contributed by atoms with Crippen molar-refractivity contribution in [2.75, 3.05) is 21.7 Å². The molecule has 0 spiro atoms. The average Bonchev–Trinajstić information content (AvgIpc) is 3.26. The maximum absolute atomic E-state index is 14.1. The van der Waals surface area contributed by atoms with E-state index in [4.69, 9.17) is 23.1 Å². The Labute approximate surface area is 210 Å². The van der Waals surface area contributed by atoms with E-state index in [-0.39, 0.29) is 29.3 Å². The van der Waals surface area contributed by atoms with Crippen LogP contribution in [0.4, 0.5) is 33.2 Å². The summed E-state index contributed by atoms with van der Waals surface area (Å²) in [7, 11) is 0. The van der Waals surface area contributed by atoms with Gasteiger partial charge in [-0.1, -0.05) is 11.6 Å². The van der Waals surface area contributed by atoms with Crippen molar-refractivity contribution in [2.24, 2.45) is 5.73 Å². The van der Waals surface area contributed by atoms with Crippen LogP contribution in [0.15, 0.2) is 42.9 Å². The first-order chi connectivity index (χ1) is 17.4. The van der Waals surface area contributed by atoms with E-state index in [1.54, 1.807) is 12.1 Å². The van der Waals surface area contributed by atoms with Gasteiger partial charge in [-0.3, -0.25) is 9.78 Å². The van der Waals surface area contributed by atoms with Crippen molar-refractivity contribution >= 4 is 52.0 Å². The topological polar surface area (TPSA) is 161 Å². The van der Waals surface area contributed by atoms with E-state index in [0.29, 0.717) is 28.0 Å². The second kappa shape index (κ2) is 9.91. The molecule has 1 aliphatic rings. The molecule has 4 aromatic heterocycles. The molecule has 5 rings (SSSR count). The van der Waals surface area contributed by atoms with Crippen LogP contribution in [0.3, 0.4) is 0 Å². The molecule has 186 valence electrons. The number of nitrogens with one attached hydrogen (secondary N) is 3. The van der Waals surface area contributed by atoms with Crippen molar-refractivity contribution in [3.8, 4) is 0 Å². The van der Waals surface area contributed by atoms with Gasteiger partial charge in [0.25, 0.3) is 5.91 Å². The molecule has 4 heterocycles. The summed E-state index contributed by atoms with van der Waals surface area (Å²) in [5.74, 6) is -0.0812. The molecule has 4 aromatic rings. The molecule has 1 aliphatic carbocycles. The molecule has 1 amide bonds. The Kier molecular flexibility index (Phi) is 6.53. The summed E-state index contributed by atoms with van der Waals surface area (Å²) in [5, 5.41) is 14.2. The minimum Gasteiger partial charge on any atom is -0.384 e. The van der Waals surface area contributed by atoms with Crippen LogP contribution in [-0.4, -0.2) is 42.6 Å². The molecular weight excluding hydrogens is 487 g/mol. The SMILES string of the molecule is Nc1cc(Cl)cc(Nc2cc(NC3CCC(N)CC3)nn3c(C(=O)Nc4ccncc4F)cnc23)n1. The monoisotopic (exact) mass is 510 g/mol. The lowest BCUT2D eigenvalue weighted by Gasteiger charge is -2.27. The molecule has 0 saturated heterocycles. The maximum atomic E-state index is 14.1. The second-order valence-electron chi connectivity index (χ2n) is 8.61. The fourth-order valence-corrected chi connectivity index (χ4v) is 4.36. The van der Waals surface area contributed by atoms with Gasteiger partial charge in [-0.05, 0) is 43.9 Å². The Bertz CT molecular complexity index is 1400. The van der Waals surface area contributed by atoms with E-state index in [9.17, 15) is 9.18 Å². The number of hydrogen-bond donors (Lipinski definition) is 5. The smallest absolute Gasteiger partial charge is 0.276 e. The first-order valence-corrected chi connectivity index (χ1v) is 11.8. The lowest BCUT2D eigenvalue weighted by atomic mass is 9.92. The van der Waals surface area contributed by atoms with Gasteiger partial charge in [0.1, 0.15) is 17.5 Å². The number of amides is 1. The zero-order valence-corrected chi connectivity index (χ0v) is 19.8. The largest absolute Gasteiger partial charge is 0.384 e. The van der Waals surface area contributed by atoms with E-state index < -0.39 is 11.7 Å². The quantitative estimate of drug-likeness (QED) is 0.261. The fraction of sp³-hybridized carbons (Fsp3) is 0.261. The van der Waals surface area contributed by atoms with Gasteiger partial charge in [0.2, 0.25) is 0 Å². The van der Waals surface area contributed by atoms with Crippen LogP contribution in [0.25, 0.3) is 5.65 Å². The average molecular weight is 511 g/mol. The predicted molar refractivity (Wildman–Crippen MR) is 136 cm³/mol. The highest BCUT2D eigenvalue weighted by molar-refractivity contribution is 6.31. The van der Waals surface area contributed by atoms with E-state index in [1.807, 2.05) is 0 Å². The van der Waals surface area contributed by atoms with Gasteiger partial charge in [0, 0.05) is 29.4 Å². The Balaban J connectivity index is 1.52. The molecule has 0 radical (unpaired) electrons. The predicted octanol–water partition coefficient (Wildman–Crippen LogP) is 3.57. The minimum absolute atomic E-state index is 0.00488. The molecule has 36 heavy (non-hydrogen) atoms. The summed E-state index contributed by atoms with van der Waals surface area (Å²) >= 11 is 6.14. The second-order valence-corrected chi connectivity index (χ2v) is 9.04. The lowest BCUT2D eigenvalue weighted by Crippen LogP contribution is -2.33. The normalized spacial score (nSPS) is 17.6. The number of hydrogen-bond acceptors (Lipinski definition) is 9. The number of aromatic nitrogens is 5. The number of imidazole rings is 1. The Morgan fingerprint density at radius 2 is 1.92 bits per heavy atom. The number of nitrogens with zero attached hydrogens (tertiary/aromatic N) is 5. The highest BCUT2D eigenvalue weighted by Gasteiger charge is 2.22. The molecule has 11 nitrogen and oxygen atoms in total. The van der Waals surface area contributed by atoms with Crippen molar-refractivity contribution in [1.29, 1.82) is 0 Å². The molecule has 0 bridgehead atoms. The maximum Gasteiger partial charge on any atom is 0.276 e. The zero-order chi connectivity index (χ0) is 25.2. The fourth-order valence-electron chi connectivity index (χ4n) is 4.14. The molecule has 0 atom stereocenters. The van der Waals surface area contributed by atoms with Gasteiger partial charge in [0.15, 0.2) is 17.2 Å². The number of nitrogen functional groups attached to an aromatic ring is 1. The van der Waals surface area contributed by atoms with Crippen LogP contribution in [0.2, 0.25) is 5.02 Å². The summed E-state index contributed by atoms with van der Waals surface area (Å²) in [6.45, 7) is 0. The summed E-state index contributed by atoms with van der Waals surface area (Å²) < 4.78 is 15.4. The van der Waals surface area contributed by atoms with Gasteiger partial charge >= 0.3 is 0 Å². The first-order valence-electron chi connectivity index (χ1n) is 11.4. The highest BCUT2D eigenvalue weighted by Crippen LogP contribution is 2.28. The van der Waals surface area contributed by atoms with E-state index in [1.165, 1.54) is 29.0 Å². The van der Waals surface area contributed by atoms with Crippen LogP contribution in [0.1, 0.15) is 36.2 Å². The molecule has 1 fully saturated rings. The van der Waals surface area contributed by atoms with Gasteiger partial charge < -0.3 is 27.4 Å². The van der Waals surface area contributed by atoms with Crippen molar-refractivity contribution in [3.63, 3.8) is 0 Å². The highest BCUT2D eigenvalue weighted by atomic mass is 35.5. The Morgan fingerprint density at radius 1 is 1.11 bits per heavy atom. The molecule has 1 saturated carbocycles. The summed E-state index contributed by atoms with van der Waals surface area (Å²) in [5.41, 5.74) is 12.9. The standard InChI is InChI=1S/C23H24ClFN10O/c24-12-7-19(27)33-20(8-12)31-17-9-21(30-14-3-1-13(26)2-4-14)34-35-18(11-29-22(17)35)23(36)32-16-5-6-28-10-15(16)25/h5-11,13-14H,1-4,26H2,(H,30,34)(H3,27,31,33)(H,28,32,36). The number of carbonyl (C=O) groups excluding carboxylic acids is 1. The summed E-state index contributed by atoms with van der Waals surface area (Å²) in [4.78, 5) is 25.4. The van der Waals surface area contributed by atoms with Crippen LogP contribution >= 0.6 is 11.6 Å². The summed E-state index contributed by atoms with van der Waals surface area (Å²) in [6, 6.07) is 6.67. The third kappa shape index (κ3) is 5.14. The number of nitrogens with two attached hydrogens (primary N) is 2. The number of pyridine rings is 2. The number of fused-ring (bicyclic) bond motifs is 1. The lowest BCUT2D eigenvalue weighted by molar-refractivity contribution is 0.102. The van der Waals surface area contributed by atoms with E-state index in [0.717, 1.165) is 31.9 Å². The van der Waals surface area contributed by atoms with Crippen LogP contribution < -0.4 is 27.4 Å². The van der Waals surface area contributed by atoms with E-state index in [2.05, 4.69) is 36.0 Å². The van der Waals surface area contributed by atoms with Gasteiger partial charge in [-0.25, -0.2) is 18.9 Å². The van der Waals surface area contributed by atoms with Crippen LogP contribution in [-0.2, 0) is 0 Å². The van der Waals surface area contributed by atoms with Crippen molar-refractivity contribution in [3.05, 3.63) is 59.4 Å². The van der Waals surface area contributed by atoms with Gasteiger partial charge in [-0.2, -0.15) is 0 Å². The Morgan fingerprint density at radius 3 is 2.67 bits per heavy atom. The number of rotatable bonds is 6. The number of anilines is 5. The number of carbonyl (C=O) groups is 1. The molecule has 13 heteroatoms. The third-order valence-electron chi connectivity index (χ3n) is 5.92. The molecule has 0 aliphatic heterocycles. The van der Waals surface area contributed by atoms with Crippen LogP contribution in [0.5, 0.6) is 0 Å². The number of halogens is 2. The van der Waals surface area contributed by atoms with Gasteiger partial charge in [-0.15, -0.1) is 5.10 Å². The summed E-state index contributed by atoms with van der Waals surface area (Å²) in [6.07, 6.45) is 7.38.